The van der Waals surface area contributed by atoms with Gasteiger partial charge in [-0.15, -0.1) is 0 Å². The first-order valence-corrected chi connectivity index (χ1v) is 16.6. The predicted molar refractivity (Wildman–Crippen MR) is 149 cm³/mol. The van der Waals surface area contributed by atoms with E-state index in [0.717, 1.165) is 18.8 Å². The highest BCUT2D eigenvalue weighted by Gasteiger charge is 2.72. The van der Waals surface area contributed by atoms with Crippen molar-refractivity contribution in [2.24, 2.45) is 11.3 Å². The van der Waals surface area contributed by atoms with Crippen LogP contribution in [-0.4, -0.2) is 50.1 Å². The van der Waals surface area contributed by atoms with Gasteiger partial charge in [0.1, 0.15) is 11.2 Å². The average Bonchev–Trinajstić information content (AvgIpc) is 3.52. The summed E-state index contributed by atoms with van der Waals surface area (Å²) in [6, 6.07) is 6.54. The highest BCUT2D eigenvalue weighted by Crippen LogP contribution is 2.61. The monoisotopic (exact) mass is 531 g/mol. The molecule has 0 amide bonds. The molecule has 1 aromatic carbocycles. The third-order valence-corrected chi connectivity index (χ3v) is 13.3. The molecule has 36 heavy (non-hydrogen) atoms. The van der Waals surface area contributed by atoms with Gasteiger partial charge in [-0.2, -0.15) is 13.2 Å². The van der Waals surface area contributed by atoms with Crippen molar-refractivity contribution in [1.29, 1.82) is 0 Å². The summed E-state index contributed by atoms with van der Waals surface area (Å²) >= 11 is 0. The Bertz CT molecular complexity index is 785. The van der Waals surface area contributed by atoms with E-state index in [4.69, 9.17) is 9.47 Å². The van der Waals surface area contributed by atoms with Crippen LogP contribution in [-0.2, 0) is 10.2 Å². The fourth-order valence-corrected chi connectivity index (χ4v) is 10.1. The number of halogens is 3. The summed E-state index contributed by atoms with van der Waals surface area (Å²) < 4.78 is 52.8. The van der Waals surface area contributed by atoms with Crippen molar-refractivity contribution in [3.8, 4) is 5.75 Å². The predicted octanol–water partition coefficient (Wildman–Crippen LogP) is 9.36. The van der Waals surface area contributed by atoms with Crippen LogP contribution in [0.15, 0.2) is 24.3 Å². The molecule has 0 aliphatic heterocycles. The summed E-state index contributed by atoms with van der Waals surface area (Å²) in [4.78, 5) is 0. The van der Waals surface area contributed by atoms with Crippen molar-refractivity contribution >= 4 is 7.26 Å². The van der Waals surface area contributed by atoms with Crippen LogP contribution in [0.3, 0.4) is 0 Å². The van der Waals surface area contributed by atoms with Gasteiger partial charge in [0.15, 0.2) is 0 Å². The molecular weight excluding hydrogens is 480 g/mol. The first-order valence-electron chi connectivity index (χ1n) is 14.1. The molecule has 1 aromatic rings. The Morgan fingerprint density at radius 1 is 1.03 bits per heavy atom. The number of rotatable bonds is 16. The molecule has 0 N–H and O–H groups in total. The molecule has 1 aliphatic carbocycles. The lowest BCUT2D eigenvalue weighted by Crippen LogP contribution is -2.33. The van der Waals surface area contributed by atoms with Gasteiger partial charge in [-0.05, 0) is 88.3 Å². The second-order valence-electron chi connectivity index (χ2n) is 12.2. The Balaban J connectivity index is 1.78. The standard InChI is InChI=1S/C30H51F3O2P/c1-8-34-27-22-29(27,30(31,32)33)25-16-15-17-26(20-25)35-18-13-11-12-14-19-36(9-2,10-3)23-24(4)21-28(5,6)7/h15-17,20,24,27H,8-14,18-19,21-23H2,1-7H3/q+1. The van der Waals surface area contributed by atoms with E-state index in [9.17, 15) is 13.2 Å². The maximum atomic E-state index is 13.9. The minimum Gasteiger partial charge on any atom is -0.494 e. The second kappa shape index (κ2) is 13.3. The van der Waals surface area contributed by atoms with Gasteiger partial charge in [0.25, 0.3) is 0 Å². The molecule has 1 fully saturated rings. The molecule has 2 nitrogen and oxygen atoms in total. The normalized spacial score (nSPS) is 21.4. The van der Waals surface area contributed by atoms with Crippen LogP contribution in [0.1, 0.15) is 92.6 Å². The maximum Gasteiger partial charge on any atom is 0.401 e. The topological polar surface area (TPSA) is 18.5 Å². The third kappa shape index (κ3) is 8.62. The van der Waals surface area contributed by atoms with Crippen molar-refractivity contribution in [2.45, 2.75) is 105 Å². The van der Waals surface area contributed by atoms with E-state index in [1.807, 2.05) is 0 Å². The molecular formula is C30H51F3O2P+. The van der Waals surface area contributed by atoms with E-state index in [2.05, 4.69) is 41.5 Å². The van der Waals surface area contributed by atoms with E-state index in [-0.39, 0.29) is 18.6 Å². The van der Waals surface area contributed by atoms with Crippen LogP contribution in [0.2, 0.25) is 0 Å². The highest BCUT2D eigenvalue weighted by molar-refractivity contribution is 7.75. The van der Waals surface area contributed by atoms with Crippen LogP contribution < -0.4 is 4.74 Å². The zero-order chi connectivity index (χ0) is 27.0. The fourth-order valence-electron chi connectivity index (χ4n) is 6.02. The molecule has 0 heterocycles. The number of alkyl halides is 3. The van der Waals surface area contributed by atoms with E-state index in [1.54, 1.807) is 31.2 Å². The minimum atomic E-state index is -4.33. The molecule has 0 aromatic heterocycles. The molecule has 208 valence electrons. The zero-order valence-corrected chi connectivity index (χ0v) is 24.7. The van der Waals surface area contributed by atoms with Gasteiger partial charge in [-0.25, -0.2) is 0 Å². The van der Waals surface area contributed by atoms with Gasteiger partial charge >= 0.3 is 6.18 Å². The van der Waals surface area contributed by atoms with Gasteiger partial charge < -0.3 is 9.47 Å². The number of unbranched alkanes of at least 4 members (excludes halogenated alkanes) is 3. The van der Waals surface area contributed by atoms with Crippen molar-refractivity contribution in [3.63, 3.8) is 0 Å². The van der Waals surface area contributed by atoms with E-state index in [0.29, 0.717) is 17.8 Å². The number of hydrogen-bond acceptors (Lipinski definition) is 2. The van der Waals surface area contributed by atoms with Crippen LogP contribution in [0.5, 0.6) is 5.75 Å². The molecule has 6 heteroatoms. The molecule has 2 rings (SSSR count). The van der Waals surface area contributed by atoms with E-state index >= 15 is 0 Å². The second-order valence-corrected chi connectivity index (χ2v) is 16.9. The Kier molecular flexibility index (Phi) is 11.6. The Labute approximate surface area is 219 Å². The summed E-state index contributed by atoms with van der Waals surface area (Å²) in [5.74, 6) is 1.31. The maximum absolute atomic E-state index is 13.9. The zero-order valence-electron chi connectivity index (χ0n) is 23.8. The van der Waals surface area contributed by atoms with Gasteiger partial charge in [0, 0.05) is 13.9 Å². The third-order valence-electron chi connectivity index (χ3n) is 7.92. The van der Waals surface area contributed by atoms with Crippen LogP contribution in [0.4, 0.5) is 13.2 Å². The summed E-state index contributed by atoms with van der Waals surface area (Å²) in [6.07, 6.45) is 6.17. The van der Waals surface area contributed by atoms with Gasteiger partial charge in [0.05, 0.1) is 37.4 Å². The molecule has 0 radical (unpaired) electrons. The van der Waals surface area contributed by atoms with Crippen LogP contribution >= 0.6 is 7.26 Å². The molecule has 3 unspecified atom stereocenters. The summed E-state index contributed by atoms with van der Waals surface area (Å²) in [5, 5.41) is 0. The van der Waals surface area contributed by atoms with E-state index in [1.165, 1.54) is 43.9 Å². The van der Waals surface area contributed by atoms with Crippen molar-refractivity contribution in [2.75, 3.05) is 37.9 Å². The smallest absolute Gasteiger partial charge is 0.401 e. The number of ether oxygens (including phenoxy) is 2. The molecule has 1 aliphatic rings. The van der Waals surface area contributed by atoms with Crippen LogP contribution in [0.25, 0.3) is 0 Å². The van der Waals surface area contributed by atoms with E-state index < -0.39 is 25.0 Å². The first-order chi connectivity index (χ1) is 16.8. The lowest BCUT2D eigenvalue weighted by atomic mass is 9.86. The number of hydrogen-bond donors (Lipinski definition) is 0. The van der Waals surface area contributed by atoms with Gasteiger partial charge in [0.2, 0.25) is 0 Å². The molecule has 1 saturated carbocycles. The quantitative estimate of drug-likeness (QED) is 0.156. The fraction of sp³-hybridized carbons (Fsp3) is 0.800. The lowest BCUT2D eigenvalue weighted by molar-refractivity contribution is -0.171. The van der Waals surface area contributed by atoms with Crippen molar-refractivity contribution in [3.05, 3.63) is 29.8 Å². The average molecular weight is 532 g/mol. The van der Waals surface area contributed by atoms with Crippen molar-refractivity contribution < 1.29 is 22.6 Å². The largest absolute Gasteiger partial charge is 0.494 e. The first kappa shape index (κ1) is 31.4. The molecule has 0 bridgehead atoms. The summed E-state index contributed by atoms with van der Waals surface area (Å²) in [7, 11) is -0.877. The molecule has 0 saturated heterocycles. The van der Waals surface area contributed by atoms with Gasteiger partial charge in [-0.1, -0.05) is 39.8 Å². The minimum absolute atomic E-state index is 0.0115. The highest BCUT2D eigenvalue weighted by atomic mass is 31.2. The molecule has 3 atom stereocenters. The SMILES string of the molecule is CCOC1CC1(c1cccc(OCCCCCC[P+](CC)(CC)CC(C)CC(C)(C)C)c1)C(F)(F)F. The molecule has 0 spiro atoms. The number of benzene rings is 1. The summed E-state index contributed by atoms with van der Waals surface area (Å²) in [6.45, 7) is 16.8. The lowest BCUT2D eigenvalue weighted by Gasteiger charge is -2.31. The van der Waals surface area contributed by atoms with Crippen LogP contribution in [0, 0.1) is 11.3 Å². The van der Waals surface area contributed by atoms with Gasteiger partial charge in [-0.3, -0.25) is 0 Å². The Morgan fingerprint density at radius 2 is 1.69 bits per heavy atom. The Morgan fingerprint density at radius 3 is 2.28 bits per heavy atom. The van der Waals surface area contributed by atoms with Crippen molar-refractivity contribution in [1.82, 2.24) is 0 Å². The summed E-state index contributed by atoms with van der Waals surface area (Å²) in [5.41, 5.74) is -1.24. The Hall–Kier alpha value is -0.800.